The number of hydrogen-bond donors (Lipinski definition) is 1. The molecule has 1 rings (SSSR count). The van der Waals surface area contributed by atoms with Crippen LogP contribution in [0.3, 0.4) is 0 Å². The molecular weight excluding hydrogens is 150 g/mol. The molecule has 0 aliphatic rings. The van der Waals surface area contributed by atoms with Crippen LogP contribution < -0.4 is 4.74 Å². The molecule has 64 valence electrons. The van der Waals surface area contributed by atoms with Crippen LogP contribution in [0.25, 0.3) is 0 Å². The number of aryl methyl sites for hydroxylation is 2. The van der Waals surface area contributed by atoms with Crippen LogP contribution >= 0.6 is 0 Å². The van der Waals surface area contributed by atoms with Crippen molar-refractivity contribution in [1.29, 1.82) is 5.41 Å². The fourth-order valence-electron chi connectivity index (χ4n) is 1.08. The Morgan fingerprint density at radius 1 is 1.33 bits per heavy atom. The van der Waals surface area contributed by atoms with E-state index in [1.54, 1.807) is 6.92 Å². The number of nitrogens with one attached hydrogen (secondary N) is 1. The van der Waals surface area contributed by atoms with Crippen molar-refractivity contribution in [3.8, 4) is 5.75 Å². The number of ether oxygens (including phenoxy) is 1. The van der Waals surface area contributed by atoms with Crippen molar-refractivity contribution >= 4 is 5.90 Å². The Bertz CT molecular complexity index is 305. The fraction of sp³-hybridized carbons (Fsp3) is 0.300. The van der Waals surface area contributed by atoms with Gasteiger partial charge in [-0.2, -0.15) is 0 Å². The minimum Gasteiger partial charge on any atom is -0.444 e. The first-order valence-electron chi connectivity index (χ1n) is 3.90. The summed E-state index contributed by atoms with van der Waals surface area (Å²) in [5.74, 6) is 0.995. The summed E-state index contributed by atoms with van der Waals surface area (Å²) in [7, 11) is 0. The van der Waals surface area contributed by atoms with E-state index < -0.39 is 0 Å². The highest BCUT2D eigenvalue weighted by atomic mass is 16.5. The van der Waals surface area contributed by atoms with Crippen LogP contribution in [-0.2, 0) is 0 Å². The molecule has 0 aliphatic heterocycles. The third-order valence-electron chi connectivity index (χ3n) is 1.59. The van der Waals surface area contributed by atoms with Gasteiger partial charge in [-0.15, -0.1) is 0 Å². The van der Waals surface area contributed by atoms with Crippen molar-refractivity contribution in [2.75, 3.05) is 0 Å². The standard InChI is InChI=1S/C10H13NO/c1-7-4-5-10(8(2)6-7)12-9(3)11/h4-6,11H,1-3H3. The second-order valence-electron chi connectivity index (χ2n) is 2.93. The first-order valence-corrected chi connectivity index (χ1v) is 3.90. The Hall–Kier alpha value is -1.31. The van der Waals surface area contributed by atoms with Crippen LogP contribution in [-0.4, -0.2) is 5.90 Å². The van der Waals surface area contributed by atoms with Gasteiger partial charge >= 0.3 is 0 Å². The Morgan fingerprint density at radius 2 is 2.00 bits per heavy atom. The Labute approximate surface area is 72.7 Å². The Morgan fingerprint density at radius 3 is 2.50 bits per heavy atom. The van der Waals surface area contributed by atoms with Crippen molar-refractivity contribution in [2.24, 2.45) is 0 Å². The van der Waals surface area contributed by atoms with Gasteiger partial charge in [-0.1, -0.05) is 17.7 Å². The summed E-state index contributed by atoms with van der Waals surface area (Å²) in [5.41, 5.74) is 2.28. The molecular formula is C10H13NO. The van der Waals surface area contributed by atoms with Crippen LogP contribution in [0.2, 0.25) is 0 Å². The SMILES string of the molecule is CC(=N)Oc1ccc(C)cc1C. The van der Waals surface area contributed by atoms with Crippen LogP contribution in [0.1, 0.15) is 18.1 Å². The monoisotopic (exact) mass is 163 g/mol. The lowest BCUT2D eigenvalue weighted by atomic mass is 10.1. The van der Waals surface area contributed by atoms with Crippen LogP contribution in [0, 0.1) is 19.3 Å². The zero-order chi connectivity index (χ0) is 9.14. The van der Waals surface area contributed by atoms with E-state index in [2.05, 4.69) is 0 Å². The van der Waals surface area contributed by atoms with Gasteiger partial charge in [0.2, 0.25) is 0 Å². The second-order valence-corrected chi connectivity index (χ2v) is 2.93. The van der Waals surface area contributed by atoms with E-state index in [1.165, 1.54) is 5.56 Å². The van der Waals surface area contributed by atoms with Crippen LogP contribution in [0.5, 0.6) is 5.75 Å². The average Bonchev–Trinajstić information content (AvgIpc) is 1.94. The van der Waals surface area contributed by atoms with E-state index in [-0.39, 0.29) is 5.90 Å². The van der Waals surface area contributed by atoms with E-state index in [0.29, 0.717) is 0 Å². The molecule has 0 aliphatic carbocycles. The predicted octanol–water partition coefficient (Wildman–Crippen LogP) is 2.68. The second kappa shape index (κ2) is 3.39. The highest BCUT2D eigenvalue weighted by molar-refractivity contribution is 5.72. The van der Waals surface area contributed by atoms with Gasteiger partial charge in [0.05, 0.1) is 0 Å². The lowest BCUT2D eigenvalue weighted by molar-refractivity contribution is 0.537. The average molecular weight is 163 g/mol. The molecule has 0 unspecified atom stereocenters. The summed E-state index contributed by atoms with van der Waals surface area (Å²) in [6.45, 7) is 5.64. The third kappa shape index (κ3) is 2.09. The summed E-state index contributed by atoms with van der Waals surface area (Å²) < 4.78 is 5.18. The molecule has 2 nitrogen and oxygen atoms in total. The van der Waals surface area contributed by atoms with Crippen LogP contribution in [0.15, 0.2) is 18.2 Å². The van der Waals surface area contributed by atoms with E-state index >= 15 is 0 Å². The molecule has 0 aromatic heterocycles. The molecule has 0 saturated heterocycles. The molecule has 0 radical (unpaired) electrons. The number of hydrogen-bond acceptors (Lipinski definition) is 2. The van der Waals surface area contributed by atoms with Crippen LogP contribution in [0.4, 0.5) is 0 Å². The molecule has 0 spiro atoms. The van der Waals surface area contributed by atoms with Crippen molar-refractivity contribution in [3.63, 3.8) is 0 Å². The third-order valence-corrected chi connectivity index (χ3v) is 1.59. The maximum absolute atomic E-state index is 7.16. The maximum Gasteiger partial charge on any atom is 0.184 e. The van der Waals surface area contributed by atoms with Gasteiger partial charge < -0.3 is 4.74 Å². The summed E-state index contributed by atoms with van der Waals surface area (Å²) in [4.78, 5) is 0. The highest BCUT2D eigenvalue weighted by Gasteiger charge is 1.99. The van der Waals surface area contributed by atoms with Gasteiger partial charge in [0.1, 0.15) is 5.75 Å². The smallest absolute Gasteiger partial charge is 0.184 e. The van der Waals surface area contributed by atoms with Gasteiger partial charge in [0.25, 0.3) is 0 Å². The van der Waals surface area contributed by atoms with E-state index in [4.69, 9.17) is 10.1 Å². The summed E-state index contributed by atoms with van der Waals surface area (Å²) in [6, 6.07) is 5.91. The molecule has 1 aromatic carbocycles. The van der Waals surface area contributed by atoms with Crippen molar-refractivity contribution < 1.29 is 4.74 Å². The highest BCUT2D eigenvalue weighted by Crippen LogP contribution is 2.18. The largest absolute Gasteiger partial charge is 0.444 e. The molecule has 0 fully saturated rings. The molecule has 0 bridgehead atoms. The lowest BCUT2D eigenvalue weighted by Crippen LogP contribution is -2.01. The molecule has 2 heteroatoms. The van der Waals surface area contributed by atoms with E-state index in [0.717, 1.165) is 11.3 Å². The molecule has 1 N–H and O–H groups in total. The Kier molecular flexibility index (Phi) is 2.48. The molecule has 12 heavy (non-hydrogen) atoms. The zero-order valence-corrected chi connectivity index (χ0v) is 7.64. The molecule has 0 heterocycles. The summed E-state index contributed by atoms with van der Waals surface area (Å²) >= 11 is 0. The summed E-state index contributed by atoms with van der Waals surface area (Å²) in [6.07, 6.45) is 0. The molecule has 1 aromatic rings. The molecule has 0 saturated carbocycles. The van der Waals surface area contributed by atoms with Crippen molar-refractivity contribution in [1.82, 2.24) is 0 Å². The topological polar surface area (TPSA) is 33.1 Å². The first kappa shape index (κ1) is 8.78. The maximum atomic E-state index is 7.16. The molecule has 0 amide bonds. The fourth-order valence-corrected chi connectivity index (χ4v) is 1.08. The number of rotatable bonds is 1. The van der Waals surface area contributed by atoms with Gasteiger partial charge in [0, 0.05) is 6.92 Å². The zero-order valence-electron chi connectivity index (χ0n) is 7.64. The minimum atomic E-state index is 0.224. The Balaban J connectivity index is 2.93. The minimum absolute atomic E-state index is 0.224. The number of benzene rings is 1. The first-order chi connectivity index (χ1) is 5.59. The van der Waals surface area contributed by atoms with Crippen molar-refractivity contribution in [2.45, 2.75) is 20.8 Å². The van der Waals surface area contributed by atoms with Gasteiger partial charge in [-0.3, -0.25) is 5.41 Å². The normalized spacial score (nSPS) is 9.58. The van der Waals surface area contributed by atoms with Gasteiger partial charge in [-0.25, -0.2) is 0 Å². The summed E-state index contributed by atoms with van der Waals surface area (Å²) in [5, 5.41) is 7.16. The van der Waals surface area contributed by atoms with E-state index in [9.17, 15) is 0 Å². The van der Waals surface area contributed by atoms with Gasteiger partial charge in [-0.05, 0) is 25.5 Å². The van der Waals surface area contributed by atoms with Crippen molar-refractivity contribution in [3.05, 3.63) is 29.3 Å². The predicted molar refractivity (Wildman–Crippen MR) is 49.9 cm³/mol. The lowest BCUT2D eigenvalue weighted by Gasteiger charge is -2.06. The quantitative estimate of drug-likeness (QED) is 0.501. The van der Waals surface area contributed by atoms with E-state index in [1.807, 2.05) is 32.0 Å². The van der Waals surface area contributed by atoms with Gasteiger partial charge in [0.15, 0.2) is 5.90 Å². The molecule has 0 atom stereocenters.